The van der Waals surface area contributed by atoms with Gasteiger partial charge in [-0.3, -0.25) is 14.6 Å². The van der Waals surface area contributed by atoms with Crippen LogP contribution in [0.5, 0.6) is 0 Å². The maximum atomic E-state index is 12.3. The van der Waals surface area contributed by atoms with Crippen LogP contribution in [0, 0.1) is 0 Å². The topological polar surface area (TPSA) is 110 Å². The van der Waals surface area contributed by atoms with E-state index in [9.17, 15) is 9.59 Å². The molecule has 0 saturated carbocycles. The minimum Gasteiger partial charge on any atom is -0.382 e. The van der Waals surface area contributed by atoms with Gasteiger partial charge in [-0.15, -0.1) is 0 Å². The number of carbonyl (C=O) groups is 2. The number of benzene rings is 1. The van der Waals surface area contributed by atoms with E-state index in [0.29, 0.717) is 17.8 Å². The largest absolute Gasteiger partial charge is 0.382 e. The molecule has 0 unspecified atom stereocenters. The molecule has 0 bridgehead atoms. The van der Waals surface area contributed by atoms with Crippen LogP contribution in [0.25, 0.3) is 6.08 Å². The van der Waals surface area contributed by atoms with Gasteiger partial charge >= 0.3 is 0 Å². The molecule has 0 spiro atoms. The molecule has 28 heavy (non-hydrogen) atoms. The molecule has 140 valence electrons. The van der Waals surface area contributed by atoms with Crippen LogP contribution in [-0.2, 0) is 11.3 Å². The van der Waals surface area contributed by atoms with Crippen LogP contribution in [0.15, 0.2) is 73.2 Å². The Balaban J connectivity index is 1.53. The molecule has 3 aromatic rings. The van der Waals surface area contributed by atoms with Crippen molar-refractivity contribution >= 4 is 29.4 Å². The Morgan fingerprint density at radius 2 is 1.82 bits per heavy atom. The second-order valence-corrected chi connectivity index (χ2v) is 5.92. The highest BCUT2D eigenvalue weighted by Gasteiger charge is 2.08. The van der Waals surface area contributed by atoms with E-state index in [4.69, 9.17) is 5.73 Å². The van der Waals surface area contributed by atoms with Gasteiger partial charge in [-0.05, 0) is 47.5 Å². The van der Waals surface area contributed by atoms with E-state index in [1.807, 2.05) is 6.07 Å². The second kappa shape index (κ2) is 9.09. The van der Waals surface area contributed by atoms with Crippen LogP contribution in [0.1, 0.15) is 21.5 Å². The Labute approximate surface area is 162 Å². The van der Waals surface area contributed by atoms with Crippen molar-refractivity contribution in [3.05, 3.63) is 89.9 Å². The Morgan fingerprint density at radius 3 is 2.54 bits per heavy atom. The van der Waals surface area contributed by atoms with Gasteiger partial charge in [0.1, 0.15) is 5.82 Å². The van der Waals surface area contributed by atoms with E-state index < -0.39 is 0 Å². The van der Waals surface area contributed by atoms with Crippen molar-refractivity contribution in [1.82, 2.24) is 15.3 Å². The highest BCUT2D eigenvalue weighted by molar-refractivity contribution is 6.05. The van der Waals surface area contributed by atoms with Gasteiger partial charge < -0.3 is 16.4 Å². The summed E-state index contributed by atoms with van der Waals surface area (Å²) in [7, 11) is 0. The molecule has 0 aliphatic carbocycles. The van der Waals surface area contributed by atoms with Crippen molar-refractivity contribution in [2.75, 3.05) is 11.1 Å². The maximum absolute atomic E-state index is 12.3. The number of hydrogen-bond acceptors (Lipinski definition) is 5. The summed E-state index contributed by atoms with van der Waals surface area (Å²) in [5.74, 6) is -0.234. The predicted molar refractivity (Wildman–Crippen MR) is 108 cm³/mol. The smallest absolute Gasteiger partial charge is 0.255 e. The summed E-state index contributed by atoms with van der Waals surface area (Å²) >= 11 is 0. The van der Waals surface area contributed by atoms with E-state index in [1.54, 1.807) is 67.1 Å². The average Bonchev–Trinajstić information content (AvgIpc) is 2.73. The Morgan fingerprint density at radius 1 is 1.04 bits per heavy atom. The van der Waals surface area contributed by atoms with Gasteiger partial charge in [0.2, 0.25) is 5.91 Å². The van der Waals surface area contributed by atoms with Crippen molar-refractivity contribution in [3.63, 3.8) is 0 Å². The van der Waals surface area contributed by atoms with Crippen LogP contribution in [-0.4, -0.2) is 21.8 Å². The van der Waals surface area contributed by atoms with Crippen LogP contribution < -0.4 is 16.4 Å². The normalized spacial score (nSPS) is 10.6. The molecule has 0 saturated heterocycles. The Hall–Kier alpha value is -4.00. The van der Waals surface area contributed by atoms with Crippen molar-refractivity contribution in [3.8, 4) is 0 Å². The van der Waals surface area contributed by atoms with Crippen molar-refractivity contribution < 1.29 is 9.59 Å². The highest BCUT2D eigenvalue weighted by atomic mass is 16.2. The minimum atomic E-state index is -0.283. The molecule has 0 fully saturated rings. The number of aromatic nitrogens is 2. The molecule has 3 rings (SSSR count). The summed E-state index contributed by atoms with van der Waals surface area (Å²) in [6.07, 6.45) is 8.05. The van der Waals surface area contributed by atoms with Crippen LogP contribution >= 0.6 is 0 Å². The monoisotopic (exact) mass is 373 g/mol. The zero-order valence-electron chi connectivity index (χ0n) is 15.0. The van der Waals surface area contributed by atoms with Crippen LogP contribution in [0.3, 0.4) is 0 Å². The van der Waals surface area contributed by atoms with E-state index >= 15 is 0 Å². The van der Waals surface area contributed by atoms with E-state index in [-0.39, 0.29) is 17.6 Å². The highest BCUT2D eigenvalue weighted by Crippen LogP contribution is 2.15. The molecule has 0 aliphatic rings. The van der Waals surface area contributed by atoms with Gasteiger partial charge in [0, 0.05) is 36.8 Å². The molecule has 0 aliphatic heterocycles. The molecule has 1 aromatic carbocycles. The van der Waals surface area contributed by atoms with Gasteiger partial charge in [0.05, 0.1) is 5.69 Å². The molecule has 2 aromatic heterocycles. The number of rotatable bonds is 6. The van der Waals surface area contributed by atoms with Gasteiger partial charge in [0.15, 0.2) is 0 Å². The fraction of sp³-hybridized carbons (Fsp3) is 0.0476. The second-order valence-electron chi connectivity index (χ2n) is 5.92. The molecule has 0 radical (unpaired) electrons. The molecule has 2 amide bonds. The summed E-state index contributed by atoms with van der Waals surface area (Å²) in [5.41, 5.74) is 8.39. The number of nitrogens with one attached hydrogen (secondary N) is 2. The van der Waals surface area contributed by atoms with Crippen molar-refractivity contribution in [2.24, 2.45) is 0 Å². The molecule has 4 N–H and O–H groups in total. The first kappa shape index (κ1) is 18.8. The number of nitrogen functional groups attached to an aromatic ring is 1. The lowest BCUT2D eigenvalue weighted by Gasteiger charge is -2.08. The molecular weight excluding hydrogens is 354 g/mol. The lowest BCUT2D eigenvalue weighted by Crippen LogP contribution is -2.20. The number of nitrogens with two attached hydrogens (primary N) is 1. The fourth-order valence-corrected chi connectivity index (χ4v) is 2.39. The number of anilines is 2. The minimum absolute atomic E-state index is 0.210. The maximum Gasteiger partial charge on any atom is 0.255 e. The Bertz CT molecular complexity index is 985. The summed E-state index contributed by atoms with van der Waals surface area (Å²) < 4.78 is 0. The Kier molecular flexibility index (Phi) is 6.10. The average molecular weight is 373 g/mol. The number of carbonyl (C=O) groups excluding carboxylic acids is 2. The number of pyridine rings is 2. The zero-order chi connectivity index (χ0) is 19.8. The molecule has 7 heteroatoms. The molecule has 0 atom stereocenters. The van der Waals surface area contributed by atoms with Crippen molar-refractivity contribution in [1.29, 1.82) is 0 Å². The van der Waals surface area contributed by atoms with Crippen LogP contribution in [0.2, 0.25) is 0 Å². The first-order valence-electron chi connectivity index (χ1n) is 8.58. The summed E-state index contributed by atoms with van der Waals surface area (Å²) in [5, 5.41) is 5.51. The van der Waals surface area contributed by atoms with E-state index in [1.165, 1.54) is 6.08 Å². The predicted octanol–water partition coefficient (Wildman–Crippen LogP) is 2.64. The first-order valence-corrected chi connectivity index (χ1v) is 8.58. The third-order valence-electron chi connectivity index (χ3n) is 3.88. The summed E-state index contributed by atoms with van der Waals surface area (Å²) in [6, 6.07) is 14.0. The number of nitrogens with zero attached hydrogens (tertiary/aromatic N) is 2. The van der Waals surface area contributed by atoms with Crippen LogP contribution in [0.4, 0.5) is 11.5 Å². The summed E-state index contributed by atoms with van der Waals surface area (Å²) in [4.78, 5) is 32.1. The molecule has 2 heterocycles. The SMILES string of the molecule is Nc1ncccc1NC(=O)c1ccc(CNC(=O)C=Cc2cccnc2)cc1. The van der Waals surface area contributed by atoms with Gasteiger partial charge in [-0.1, -0.05) is 18.2 Å². The number of hydrogen-bond donors (Lipinski definition) is 3. The third kappa shape index (κ3) is 5.25. The lowest BCUT2D eigenvalue weighted by atomic mass is 10.1. The number of amides is 2. The quantitative estimate of drug-likeness (QED) is 0.576. The lowest BCUT2D eigenvalue weighted by molar-refractivity contribution is -0.116. The molecular formula is C21H19N5O2. The van der Waals surface area contributed by atoms with E-state index in [0.717, 1.165) is 11.1 Å². The fourth-order valence-electron chi connectivity index (χ4n) is 2.39. The summed E-state index contributed by atoms with van der Waals surface area (Å²) in [6.45, 7) is 0.355. The standard InChI is InChI=1S/C21H19N5O2/c22-20-18(4-2-12-24-20)26-21(28)17-8-5-16(6-9-17)14-25-19(27)10-7-15-3-1-11-23-13-15/h1-13H,14H2,(H2,22,24)(H,25,27)(H,26,28). The van der Waals surface area contributed by atoms with Gasteiger partial charge in [0.25, 0.3) is 5.91 Å². The van der Waals surface area contributed by atoms with Gasteiger partial charge in [-0.2, -0.15) is 0 Å². The van der Waals surface area contributed by atoms with Gasteiger partial charge in [-0.25, -0.2) is 4.98 Å². The van der Waals surface area contributed by atoms with E-state index in [2.05, 4.69) is 20.6 Å². The zero-order valence-corrected chi connectivity index (χ0v) is 15.0. The molecule has 7 nitrogen and oxygen atoms in total. The third-order valence-corrected chi connectivity index (χ3v) is 3.88. The first-order chi connectivity index (χ1) is 13.6. The van der Waals surface area contributed by atoms with Crippen molar-refractivity contribution in [2.45, 2.75) is 6.54 Å².